The fourth-order valence-corrected chi connectivity index (χ4v) is 3.16. The summed E-state index contributed by atoms with van der Waals surface area (Å²) in [6, 6.07) is 17.0. The average Bonchev–Trinajstić information content (AvgIpc) is 3.16. The van der Waals surface area contributed by atoms with Crippen LogP contribution >= 0.6 is 11.8 Å². The number of rotatable bonds is 8. The van der Waals surface area contributed by atoms with Crippen LogP contribution in [0.1, 0.15) is 22.8 Å². The molecule has 138 valence electrons. The number of carbonyl (C=O) groups excluding carboxylic acids is 2. The molecule has 0 unspecified atom stereocenters. The number of thioether (sulfide) groups is 1. The van der Waals surface area contributed by atoms with Gasteiger partial charge in [-0.15, -0.1) is 5.10 Å². The fourth-order valence-electron chi connectivity index (χ4n) is 2.44. The molecular weight excluding hydrogens is 362 g/mol. The van der Waals surface area contributed by atoms with Crippen LogP contribution in [0.3, 0.4) is 0 Å². The molecular formula is C19H19N5O2S. The van der Waals surface area contributed by atoms with Crippen LogP contribution in [-0.2, 0) is 11.2 Å². The first-order valence-corrected chi connectivity index (χ1v) is 9.45. The van der Waals surface area contributed by atoms with Gasteiger partial charge in [-0.25, -0.2) is 0 Å². The number of aromatic nitrogens is 4. The van der Waals surface area contributed by atoms with Crippen molar-refractivity contribution >= 4 is 23.5 Å². The molecule has 7 nitrogen and oxygen atoms in total. The van der Waals surface area contributed by atoms with E-state index in [-0.39, 0.29) is 17.4 Å². The van der Waals surface area contributed by atoms with E-state index >= 15 is 0 Å². The SMILES string of the molecule is CC(=O)c1ccc(-n2nnnc2SCC(=O)NCCc2ccccc2)cc1. The molecule has 1 amide bonds. The van der Waals surface area contributed by atoms with E-state index in [0.29, 0.717) is 17.3 Å². The first kappa shape index (κ1) is 18.8. The minimum Gasteiger partial charge on any atom is -0.355 e. The summed E-state index contributed by atoms with van der Waals surface area (Å²) in [5, 5.41) is 15.0. The number of carbonyl (C=O) groups is 2. The van der Waals surface area contributed by atoms with Crippen molar-refractivity contribution in [1.82, 2.24) is 25.5 Å². The first-order valence-electron chi connectivity index (χ1n) is 8.46. The molecule has 0 atom stereocenters. The maximum Gasteiger partial charge on any atom is 0.230 e. The molecule has 0 saturated heterocycles. The highest BCUT2D eigenvalue weighted by Gasteiger charge is 2.12. The van der Waals surface area contributed by atoms with E-state index in [1.54, 1.807) is 28.9 Å². The van der Waals surface area contributed by atoms with Gasteiger partial charge in [0.25, 0.3) is 0 Å². The minimum absolute atomic E-state index is 0.0000348. The van der Waals surface area contributed by atoms with Crippen LogP contribution in [0, 0.1) is 0 Å². The summed E-state index contributed by atoms with van der Waals surface area (Å²) in [6.07, 6.45) is 0.789. The van der Waals surface area contributed by atoms with E-state index in [1.807, 2.05) is 30.3 Å². The Labute approximate surface area is 161 Å². The summed E-state index contributed by atoms with van der Waals surface area (Å²) >= 11 is 1.26. The van der Waals surface area contributed by atoms with Crippen molar-refractivity contribution in [2.45, 2.75) is 18.5 Å². The molecule has 0 aliphatic rings. The predicted molar refractivity (Wildman–Crippen MR) is 103 cm³/mol. The average molecular weight is 381 g/mol. The Bertz CT molecular complexity index is 909. The third-order valence-electron chi connectivity index (χ3n) is 3.87. The molecule has 0 aliphatic heterocycles. The Balaban J connectivity index is 1.52. The molecule has 27 heavy (non-hydrogen) atoms. The van der Waals surface area contributed by atoms with Crippen molar-refractivity contribution in [1.29, 1.82) is 0 Å². The molecule has 1 aromatic heterocycles. The van der Waals surface area contributed by atoms with Gasteiger partial charge < -0.3 is 5.32 Å². The van der Waals surface area contributed by atoms with Crippen LogP contribution in [-0.4, -0.2) is 44.2 Å². The molecule has 1 heterocycles. The highest BCUT2D eigenvalue weighted by molar-refractivity contribution is 7.99. The van der Waals surface area contributed by atoms with Gasteiger partial charge in [-0.05, 0) is 53.6 Å². The summed E-state index contributed by atoms with van der Waals surface area (Å²) < 4.78 is 1.55. The number of nitrogens with one attached hydrogen (secondary N) is 1. The third-order valence-corrected chi connectivity index (χ3v) is 4.79. The molecule has 8 heteroatoms. The lowest BCUT2D eigenvalue weighted by Gasteiger charge is -2.06. The van der Waals surface area contributed by atoms with Gasteiger partial charge >= 0.3 is 0 Å². The lowest BCUT2D eigenvalue weighted by molar-refractivity contribution is -0.118. The van der Waals surface area contributed by atoms with Gasteiger partial charge in [-0.3, -0.25) is 9.59 Å². The third kappa shape index (κ3) is 5.24. The zero-order chi connectivity index (χ0) is 19.1. The largest absolute Gasteiger partial charge is 0.355 e. The monoisotopic (exact) mass is 381 g/mol. The van der Waals surface area contributed by atoms with Crippen molar-refractivity contribution in [3.63, 3.8) is 0 Å². The van der Waals surface area contributed by atoms with Gasteiger partial charge in [0.05, 0.1) is 11.4 Å². The second-order valence-corrected chi connectivity index (χ2v) is 6.79. The zero-order valence-corrected chi connectivity index (χ0v) is 15.6. The summed E-state index contributed by atoms with van der Waals surface area (Å²) in [6.45, 7) is 2.10. The van der Waals surface area contributed by atoms with Crippen LogP contribution in [0.2, 0.25) is 0 Å². The Kier molecular flexibility index (Phi) is 6.32. The van der Waals surface area contributed by atoms with Crippen LogP contribution in [0.5, 0.6) is 0 Å². The minimum atomic E-state index is -0.0718. The van der Waals surface area contributed by atoms with E-state index in [4.69, 9.17) is 0 Å². The van der Waals surface area contributed by atoms with Crippen LogP contribution < -0.4 is 5.32 Å². The highest BCUT2D eigenvalue weighted by Crippen LogP contribution is 2.18. The van der Waals surface area contributed by atoms with E-state index in [1.165, 1.54) is 24.2 Å². The molecule has 0 fully saturated rings. The van der Waals surface area contributed by atoms with E-state index in [0.717, 1.165) is 12.1 Å². The summed E-state index contributed by atoms with van der Waals surface area (Å²) in [5.41, 5.74) is 2.54. The lowest BCUT2D eigenvalue weighted by Crippen LogP contribution is -2.27. The number of tetrazole rings is 1. The van der Waals surface area contributed by atoms with Gasteiger partial charge in [0.15, 0.2) is 5.78 Å². The number of nitrogens with zero attached hydrogens (tertiary/aromatic N) is 4. The van der Waals surface area contributed by atoms with Crippen molar-refractivity contribution in [3.8, 4) is 5.69 Å². The Morgan fingerprint density at radius 3 is 2.52 bits per heavy atom. The smallest absolute Gasteiger partial charge is 0.230 e. The highest BCUT2D eigenvalue weighted by atomic mass is 32.2. The number of ketones is 1. The molecule has 1 N–H and O–H groups in total. The second kappa shape index (κ2) is 9.09. The van der Waals surface area contributed by atoms with Crippen LogP contribution in [0.25, 0.3) is 5.69 Å². The molecule has 0 spiro atoms. The Morgan fingerprint density at radius 2 is 1.81 bits per heavy atom. The van der Waals surface area contributed by atoms with Crippen LogP contribution in [0.15, 0.2) is 59.8 Å². The van der Waals surface area contributed by atoms with Gasteiger partial charge in [0.1, 0.15) is 0 Å². The summed E-state index contributed by atoms with van der Waals surface area (Å²) in [4.78, 5) is 23.4. The number of Topliss-reactive ketones (excluding diaryl/α,β-unsaturated/α-hetero) is 1. The molecule has 3 aromatic rings. The predicted octanol–water partition coefficient (Wildman–Crippen LogP) is 2.32. The number of hydrogen-bond acceptors (Lipinski definition) is 6. The zero-order valence-electron chi connectivity index (χ0n) is 14.8. The van der Waals surface area contributed by atoms with Gasteiger partial charge in [-0.1, -0.05) is 42.1 Å². The lowest BCUT2D eigenvalue weighted by atomic mass is 10.1. The molecule has 0 radical (unpaired) electrons. The number of benzene rings is 2. The van der Waals surface area contributed by atoms with Crippen molar-refractivity contribution in [2.24, 2.45) is 0 Å². The Hall–Kier alpha value is -3.00. The molecule has 3 rings (SSSR count). The Morgan fingerprint density at radius 1 is 1.07 bits per heavy atom. The maximum atomic E-state index is 12.0. The van der Waals surface area contributed by atoms with Gasteiger partial charge in [-0.2, -0.15) is 4.68 Å². The molecule has 0 bridgehead atoms. The van der Waals surface area contributed by atoms with E-state index < -0.39 is 0 Å². The molecule has 0 aliphatic carbocycles. The quantitative estimate of drug-likeness (QED) is 0.476. The number of hydrogen-bond donors (Lipinski definition) is 1. The molecule has 0 saturated carbocycles. The standard InChI is InChI=1S/C19H19N5O2S/c1-14(25)16-7-9-17(10-8-16)24-19(21-22-23-24)27-13-18(26)20-12-11-15-5-3-2-4-6-15/h2-10H,11-13H2,1H3,(H,20,26). The second-order valence-electron chi connectivity index (χ2n) is 5.85. The fraction of sp³-hybridized carbons (Fsp3) is 0.211. The van der Waals surface area contributed by atoms with Gasteiger partial charge in [0.2, 0.25) is 11.1 Å². The van der Waals surface area contributed by atoms with Crippen molar-refractivity contribution in [2.75, 3.05) is 12.3 Å². The normalized spacial score (nSPS) is 10.6. The van der Waals surface area contributed by atoms with Gasteiger partial charge in [0, 0.05) is 12.1 Å². The first-order chi connectivity index (χ1) is 13.1. The topological polar surface area (TPSA) is 89.8 Å². The summed E-state index contributed by atoms with van der Waals surface area (Å²) in [5.74, 6) is 0.151. The number of amides is 1. The van der Waals surface area contributed by atoms with E-state index in [2.05, 4.69) is 20.8 Å². The molecule has 2 aromatic carbocycles. The van der Waals surface area contributed by atoms with Crippen molar-refractivity contribution < 1.29 is 9.59 Å². The summed E-state index contributed by atoms with van der Waals surface area (Å²) in [7, 11) is 0. The maximum absolute atomic E-state index is 12.0. The van der Waals surface area contributed by atoms with Crippen LogP contribution in [0.4, 0.5) is 0 Å². The van der Waals surface area contributed by atoms with E-state index in [9.17, 15) is 9.59 Å². The van der Waals surface area contributed by atoms with Crippen molar-refractivity contribution in [3.05, 3.63) is 65.7 Å².